The fourth-order valence-corrected chi connectivity index (χ4v) is 8.02. The zero-order valence-corrected chi connectivity index (χ0v) is 28.5. The van der Waals surface area contributed by atoms with E-state index < -0.39 is 0 Å². The lowest BCUT2D eigenvalue weighted by atomic mass is 9.85. The van der Waals surface area contributed by atoms with Gasteiger partial charge in [0, 0.05) is 10.9 Å². The highest BCUT2D eigenvalue weighted by Gasteiger charge is 2.18. The second-order valence-corrected chi connectivity index (χ2v) is 13.5. The van der Waals surface area contributed by atoms with Gasteiger partial charge < -0.3 is 0 Å². The van der Waals surface area contributed by atoms with Gasteiger partial charge in [0.25, 0.3) is 0 Å². The van der Waals surface area contributed by atoms with Crippen molar-refractivity contribution in [3.05, 3.63) is 200 Å². The minimum Gasteiger partial charge on any atom is -0.248 e. The summed E-state index contributed by atoms with van der Waals surface area (Å²) < 4.78 is 0. The second kappa shape index (κ2) is 12.5. The van der Waals surface area contributed by atoms with E-state index in [9.17, 15) is 0 Å². The normalized spacial score (nSPS) is 11.5. The van der Waals surface area contributed by atoms with Gasteiger partial charge in [0.15, 0.2) is 0 Å². The van der Waals surface area contributed by atoms with Crippen molar-refractivity contribution in [2.75, 3.05) is 0 Å². The molecule has 1 heterocycles. The van der Waals surface area contributed by atoms with Gasteiger partial charge in [-0.25, -0.2) is 4.98 Å². The Bertz CT molecular complexity index is 2850. The Morgan fingerprint density at radius 2 is 0.712 bits per heavy atom. The van der Waals surface area contributed by atoms with Crippen LogP contribution in [0.3, 0.4) is 0 Å². The molecule has 0 bridgehead atoms. The van der Waals surface area contributed by atoms with Gasteiger partial charge in [-0.15, -0.1) is 0 Å². The Hall–Kier alpha value is -6.83. The van der Waals surface area contributed by atoms with Crippen LogP contribution in [0.2, 0.25) is 0 Å². The van der Waals surface area contributed by atoms with Gasteiger partial charge in [-0.2, -0.15) is 0 Å². The van der Waals surface area contributed by atoms with Crippen molar-refractivity contribution < 1.29 is 0 Å². The lowest BCUT2D eigenvalue weighted by Crippen LogP contribution is -1.92. The van der Waals surface area contributed by atoms with Gasteiger partial charge in [-0.3, -0.25) is 0 Å². The molecular weight excluding hydrogens is 627 g/mol. The number of rotatable bonds is 5. The van der Waals surface area contributed by atoms with E-state index in [2.05, 4.69) is 200 Å². The molecule has 0 fully saturated rings. The highest BCUT2D eigenvalue weighted by atomic mass is 14.7. The molecule has 0 atom stereocenters. The monoisotopic (exact) mass is 659 g/mol. The molecule has 0 saturated heterocycles. The molecule has 10 aromatic rings. The third kappa shape index (κ3) is 5.06. The van der Waals surface area contributed by atoms with Crippen LogP contribution in [0.1, 0.15) is 0 Å². The topological polar surface area (TPSA) is 12.9 Å². The lowest BCUT2D eigenvalue weighted by Gasteiger charge is -2.18. The van der Waals surface area contributed by atoms with E-state index >= 15 is 0 Å². The van der Waals surface area contributed by atoms with Crippen molar-refractivity contribution in [1.29, 1.82) is 0 Å². The number of nitrogens with zero attached hydrogens (tertiary/aromatic N) is 1. The van der Waals surface area contributed by atoms with Crippen LogP contribution >= 0.6 is 0 Å². The molecule has 0 aliphatic rings. The van der Waals surface area contributed by atoms with Gasteiger partial charge in [0.05, 0.1) is 11.2 Å². The molecule has 10 rings (SSSR count). The van der Waals surface area contributed by atoms with E-state index in [1.807, 2.05) is 0 Å². The summed E-state index contributed by atoms with van der Waals surface area (Å²) in [5.41, 5.74) is 12.9. The summed E-state index contributed by atoms with van der Waals surface area (Å²) in [6.07, 6.45) is 0. The summed E-state index contributed by atoms with van der Waals surface area (Å²) in [5.74, 6) is 0. The average molecular weight is 660 g/mol. The maximum absolute atomic E-state index is 5.17. The average Bonchev–Trinajstić information content (AvgIpc) is 3.23. The fourth-order valence-electron chi connectivity index (χ4n) is 8.02. The summed E-state index contributed by atoms with van der Waals surface area (Å²) in [6, 6.07) is 72.3. The van der Waals surface area contributed by atoms with Crippen LogP contribution in [0.15, 0.2) is 200 Å². The molecule has 52 heavy (non-hydrogen) atoms. The maximum Gasteiger partial charge on any atom is 0.0722 e. The Morgan fingerprint density at radius 1 is 0.288 bits per heavy atom. The van der Waals surface area contributed by atoms with Crippen LogP contribution < -0.4 is 0 Å². The molecule has 0 amide bonds. The first-order valence-electron chi connectivity index (χ1n) is 17.9. The van der Waals surface area contributed by atoms with Crippen molar-refractivity contribution in [1.82, 2.24) is 4.98 Å². The first kappa shape index (κ1) is 30.0. The number of hydrogen-bond donors (Lipinski definition) is 0. The van der Waals surface area contributed by atoms with Crippen LogP contribution in [-0.4, -0.2) is 4.98 Å². The molecule has 0 radical (unpaired) electrons. The third-order valence-corrected chi connectivity index (χ3v) is 10.5. The van der Waals surface area contributed by atoms with Gasteiger partial charge in [0.2, 0.25) is 0 Å². The van der Waals surface area contributed by atoms with Crippen molar-refractivity contribution in [3.8, 4) is 55.8 Å². The molecule has 0 aliphatic heterocycles. The summed E-state index contributed by atoms with van der Waals surface area (Å²) in [5, 5.41) is 8.64. The number of pyridine rings is 1. The van der Waals surface area contributed by atoms with Crippen LogP contribution in [0.25, 0.3) is 99.0 Å². The van der Waals surface area contributed by atoms with Crippen molar-refractivity contribution >= 4 is 43.2 Å². The predicted octanol–water partition coefficient (Wildman–Crippen LogP) is 14.0. The fraction of sp³-hybridized carbons (Fsp3) is 0. The number of hydrogen-bond acceptors (Lipinski definition) is 1. The Kier molecular flexibility index (Phi) is 7.22. The van der Waals surface area contributed by atoms with E-state index in [4.69, 9.17) is 4.98 Å². The zero-order valence-electron chi connectivity index (χ0n) is 28.5. The molecular formula is C51H33N. The van der Waals surface area contributed by atoms with E-state index in [-0.39, 0.29) is 0 Å². The van der Waals surface area contributed by atoms with Crippen LogP contribution in [0, 0.1) is 0 Å². The highest BCUT2D eigenvalue weighted by Crippen LogP contribution is 2.45. The largest absolute Gasteiger partial charge is 0.248 e. The SMILES string of the molecule is c1ccc(-c2ccc(-c3c4ccccc4c(-c4ccc(-c5cc(-c6ccccc6)nc6ccc7ccccc7c56)cc4)c4ccccc34)cc2)cc1. The molecule has 0 N–H and O–H groups in total. The number of benzene rings is 9. The lowest BCUT2D eigenvalue weighted by molar-refractivity contribution is 1.40. The van der Waals surface area contributed by atoms with E-state index in [0.29, 0.717) is 0 Å². The second-order valence-electron chi connectivity index (χ2n) is 13.5. The van der Waals surface area contributed by atoms with Gasteiger partial charge in [-0.1, -0.05) is 188 Å². The molecule has 9 aromatic carbocycles. The molecule has 0 aliphatic carbocycles. The summed E-state index contributed by atoms with van der Waals surface area (Å²) in [7, 11) is 0. The highest BCUT2D eigenvalue weighted by molar-refractivity contribution is 6.21. The quantitative estimate of drug-likeness (QED) is 0.132. The minimum atomic E-state index is 0.979. The Morgan fingerprint density at radius 3 is 1.27 bits per heavy atom. The van der Waals surface area contributed by atoms with Crippen molar-refractivity contribution in [2.24, 2.45) is 0 Å². The van der Waals surface area contributed by atoms with Gasteiger partial charge in [0.1, 0.15) is 0 Å². The summed E-state index contributed by atoms with van der Waals surface area (Å²) >= 11 is 0. The van der Waals surface area contributed by atoms with E-state index in [0.717, 1.165) is 16.8 Å². The van der Waals surface area contributed by atoms with E-state index in [1.54, 1.807) is 0 Å². The zero-order chi connectivity index (χ0) is 34.4. The summed E-state index contributed by atoms with van der Waals surface area (Å²) in [6.45, 7) is 0. The standard InChI is InChI=1S/C51H33N/c1-3-13-34(14-4-1)35-23-27-39(28-24-35)49-42-19-9-11-21-44(42)50(45-22-12-10-20-43(45)49)40-29-25-37(26-30-40)46-33-48(38-16-5-2-6-17-38)52-47-32-31-36-15-7-8-18-41(36)51(46)47/h1-33H. The number of aromatic nitrogens is 1. The van der Waals surface area contributed by atoms with E-state index in [1.165, 1.54) is 82.2 Å². The molecule has 1 nitrogen and oxygen atoms in total. The van der Waals surface area contributed by atoms with Crippen LogP contribution in [0.5, 0.6) is 0 Å². The Labute approximate surface area is 303 Å². The third-order valence-electron chi connectivity index (χ3n) is 10.5. The maximum atomic E-state index is 5.17. The predicted molar refractivity (Wildman–Crippen MR) is 221 cm³/mol. The molecule has 0 saturated carbocycles. The van der Waals surface area contributed by atoms with Crippen LogP contribution in [-0.2, 0) is 0 Å². The molecule has 1 aromatic heterocycles. The first-order valence-corrected chi connectivity index (χ1v) is 17.9. The smallest absolute Gasteiger partial charge is 0.0722 e. The van der Waals surface area contributed by atoms with Crippen molar-refractivity contribution in [2.45, 2.75) is 0 Å². The minimum absolute atomic E-state index is 0.979. The Balaban J connectivity index is 1.15. The summed E-state index contributed by atoms with van der Waals surface area (Å²) in [4.78, 5) is 5.17. The number of fused-ring (bicyclic) bond motifs is 5. The van der Waals surface area contributed by atoms with Gasteiger partial charge >= 0.3 is 0 Å². The molecule has 1 heteroatoms. The van der Waals surface area contributed by atoms with Crippen molar-refractivity contribution in [3.63, 3.8) is 0 Å². The molecule has 242 valence electrons. The van der Waals surface area contributed by atoms with Gasteiger partial charge in [-0.05, 0) is 89.0 Å². The first-order chi connectivity index (χ1) is 25.8. The van der Waals surface area contributed by atoms with Crippen LogP contribution in [0.4, 0.5) is 0 Å². The molecule has 0 unspecified atom stereocenters. The molecule has 0 spiro atoms.